The summed E-state index contributed by atoms with van der Waals surface area (Å²) in [6, 6.07) is 6.99. The smallest absolute Gasteiger partial charge is 0.326 e. The molecule has 32 heavy (non-hydrogen) atoms. The molecule has 2 heterocycles. The number of carbonyl (C=O) groups is 2. The highest BCUT2D eigenvalue weighted by Gasteiger charge is 2.26. The number of nitrogens with one attached hydrogen (secondary N) is 2. The largest absolute Gasteiger partial charge is 0.367 e. The van der Waals surface area contributed by atoms with Gasteiger partial charge in [0.05, 0.1) is 11.4 Å². The fraction of sp³-hybridized carbons (Fsp3) is 0.455. The van der Waals surface area contributed by atoms with Crippen LogP contribution in [0.3, 0.4) is 0 Å². The van der Waals surface area contributed by atoms with E-state index in [4.69, 9.17) is 0 Å². The van der Waals surface area contributed by atoms with E-state index >= 15 is 0 Å². The molecule has 0 radical (unpaired) electrons. The highest BCUT2D eigenvalue weighted by molar-refractivity contribution is 8.00. The third kappa shape index (κ3) is 5.13. The van der Waals surface area contributed by atoms with Crippen molar-refractivity contribution in [2.75, 3.05) is 54.6 Å². The van der Waals surface area contributed by atoms with Gasteiger partial charge in [0.25, 0.3) is 0 Å². The maximum atomic E-state index is 12.9. The van der Waals surface area contributed by atoms with Crippen molar-refractivity contribution in [3.05, 3.63) is 46.0 Å². The first-order chi connectivity index (χ1) is 15.4. The second-order valence-corrected chi connectivity index (χ2v) is 9.11. The van der Waals surface area contributed by atoms with E-state index in [0.717, 1.165) is 56.7 Å². The van der Waals surface area contributed by atoms with Gasteiger partial charge in [-0.1, -0.05) is 17.8 Å². The molecule has 170 valence electrons. The molecule has 2 N–H and O–H groups in total. The number of anilines is 2. The summed E-state index contributed by atoms with van der Waals surface area (Å²) >= 11 is 1.30. The Kier molecular flexibility index (Phi) is 6.80. The minimum atomic E-state index is -0.263. The summed E-state index contributed by atoms with van der Waals surface area (Å²) in [6.07, 6.45) is 2.72. The average molecular weight is 457 g/mol. The SMILES string of the molecule is CC(=O)Nc1cccc(NC(=O)CSc2nc(=O)n(N3CCN(C)CC3)c3c2CCC3)c1. The number of hydrogen-bond acceptors (Lipinski definition) is 7. The van der Waals surface area contributed by atoms with Gasteiger partial charge < -0.3 is 20.5 Å². The number of carbonyl (C=O) groups excluding carboxylic acids is 2. The van der Waals surface area contributed by atoms with Gasteiger partial charge in [0, 0.05) is 50.0 Å². The van der Waals surface area contributed by atoms with Gasteiger partial charge in [-0.3, -0.25) is 9.59 Å². The number of nitrogens with zero attached hydrogens (tertiary/aromatic N) is 4. The maximum Gasteiger partial charge on any atom is 0.367 e. The van der Waals surface area contributed by atoms with E-state index in [-0.39, 0.29) is 23.3 Å². The molecule has 0 unspecified atom stereocenters. The molecule has 0 saturated carbocycles. The van der Waals surface area contributed by atoms with Crippen LogP contribution in [0.4, 0.5) is 11.4 Å². The molecular weight excluding hydrogens is 428 g/mol. The van der Waals surface area contributed by atoms with Crippen LogP contribution in [0.1, 0.15) is 24.6 Å². The summed E-state index contributed by atoms with van der Waals surface area (Å²) in [5, 5.41) is 8.30. The first kappa shape index (κ1) is 22.3. The minimum Gasteiger partial charge on any atom is -0.326 e. The lowest BCUT2D eigenvalue weighted by atomic mass is 10.2. The molecule has 2 amide bonds. The number of benzene rings is 1. The second kappa shape index (κ2) is 9.74. The molecule has 0 bridgehead atoms. The Bertz CT molecular complexity index is 1080. The van der Waals surface area contributed by atoms with Crippen LogP contribution in [0, 0.1) is 0 Å². The van der Waals surface area contributed by atoms with Crippen LogP contribution in [0.25, 0.3) is 0 Å². The summed E-state index contributed by atoms with van der Waals surface area (Å²) in [7, 11) is 2.09. The van der Waals surface area contributed by atoms with Crippen LogP contribution < -0.4 is 21.3 Å². The van der Waals surface area contributed by atoms with Gasteiger partial charge in [-0.05, 0) is 44.5 Å². The fourth-order valence-corrected chi connectivity index (χ4v) is 5.00. The first-order valence-corrected chi connectivity index (χ1v) is 11.8. The molecule has 1 aromatic carbocycles. The van der Waals surface area contributed by atoms with Crippen molar-refractivity contribution < 1.29 is 9.59 Å². The number of amides is 2. The van der Waals surface area contributed by atoms with Crippen molar-refractivity contribution in [2.24, 2.45) is 0 Å². The number of rotatable bonds is 6. The van der Waals surface area contributed by atoms with E-state index in [2.05, 4.69) is 32.6 Å². The molecule has 1 aliphatic carbocycles. The molecule has 1 fully saturated rings. The lowest BCUT2D eigenvalue weighted by Crippen LogP contribution is -2.54. The van der Waals surface area contributed by atoms with E-state index in [0.29, 0.717) is 16.4 Å². The zero-order valence-electron chi connectivity index (χ0n) is 18.4. The Labute approximate surface area is 191 Å². The number of aromatic nitrogens is 2. The standard InChI is InChI=1S/C22H28N6O3S/c1-15(29)23-16-5-3-6-17(13-16)24-20(30)14-32-21-18-7-4-8-19(18)28(22(31)25-21)27-11-9-26(2)10-12-27/h3,5-6,13H,4,7-12,14H2,1-2H3,(H,23,29)(H,24,30). The average Bonchev–Trinajstić information content (AvgIpc) is 3.22. The van der Waals surface area contributed by atoms with E-state index in [1.807, 2.05) is 0 Å². The highest BCUT2D eigenvalue weighted by atomic mass is 32.2. The van der Waals surface area contributed by atoms with Gasteiger partial charge in [-0.15, -0.1) is 0 Å². The fourth-order valence-electron chi connectivity index (χ4n) is 4.12. The predicted octanol–water partition coefficient (Wildman–Crippen LogP) is 1.30. The van der Waals surface area contributed by atoms with Crippen LogP contribution in [0.5, 0.6) is 0 Å². The Morgan fingerprint density at radius 1 is 1.09 bits per heavy atom. The highest BCUT2D eigenvalue weighted by Crippen LogP contribution is 2.29. The normalized spacial score (nSPS) is 16.0. The van der Waals surface area contributed by atoms with Crippen molar-refractivity contribution in [3.8, 4) is 0 Å². The lowest BCUT2D eigenvalue weighted by molar-refractivity contribution is -0.114. The van der Waals surface area contributed by atoms with Gasteiger partial charge in [0.15, 0.2) is 0 Å². The van der Waals surface area contributed by atoms with E-state index in [9.17, 15) is 14.4 Å². The Morgan fingerprint density at radius 3 is 2.53 bits per heavy atom. The van der Waals surface area contributed by atoms with Crippen molar-refractivity contribution in [1.29, 1.82) is 0 Å². The zero-order chi connectivity index (χ0) is 22.7. The summed E-state index contributed by atoms with van der Waals surface area (Å²) in [5.74, 6) is -0.205. The second-order valence-electron chi connectivity index (χ2n) is 8.15. The minimum absolute atomic E-state index is 0.155. The van der Waals surface area contributed by atoms with Gasteiger partial charge in [0.1, 0.15) is 5.03 Å². The van der Waals surface area contributed by atoms with Gasteiger partial charge in [0.2, 0.25) is 11.8 Å². The van der Waals surface area contributed by atoms with Gasteiger partial charge in [-0.25, -0.2) is 9.47 Å². The number of piperazine rings is 1. The van der Waals surface area contributed by atoms with Gasteiger partial charge in [-0.2, -0.15) is 4.98 Å². The lowest BCUT2D eigenvalue weighted by Gasteiger charge is -2.35. The topological polar surface area (TPSA) is 99.6 Å². The summed E-state index contributed by atoms with van der Waals surface area (Å²) in [4.78, 5) is 43.2. The predicted molar refractivity (Wildman–Crippen MR) is 126 cm³/mol. The number of thioether (sulfide) groups is 1. The number of fused-ring (bicyclic) bond motifs is 1. The zero-order valence-corrected chi connectivity index (χ0v) is 19.2. The van der Waals surface area contributed by atoms with Crippen LogP contribution in [0.15, 0.2) is 34.1 Å². The van der Waals surface area contributed by atoms with Crippen LogP contribution >= 0.6 is 11.8 Å². The van der Waals surface area contributed by atoms with Gasteiger partial charge >= 0.3 is 5.69 Å². The van der Waals surface area contributed by atoms with Crippen LogP contribution in [0.2, 0.25) is 0 Å². The maximum absolute atomic E-state index is 12.9. The number of hydrogen-bond donors (Lipinski definition) is 2. The quantitative estimate of drug-likeness (QED) is 0.499. The molecular formula is C22H28N6O3S. The molecule has 4 rings (SSSR count). The van der Waals surface area contributed by atoms with Crippen molar-refractivity contribution in [3.63, 3.8) is 0 Å². The van der Waals surface area contributed by atoms with E-state index in [1.165, 1.54) is 18.7 Å². The molecule has 0 spiro atoms. The van der Waals surface area contributed by atoms with E-state index < -0.39 is 0 Å². The number of likely N-dealkylation sites (N-methyl/N-ethyl adjacent to an activating group) is 1. The summed E-state index contributed by atoms with van der Waals surface area (Å²) < 4.78 is 1.77. The monoisotopic (exact) mass is 456 g/mol. The van der Waals surface area contributed by atoms with Crippen molar-refractivity contribution >= 4 is 35.0 Å². The molecule has 1 aliphatic heterocycles. The van der Waals surface area contributed by atoms with E-state index in [1.54, 1.807) is 28.9 Å². The molecule has 9 nitrogen and oxygen atoms in total. The van der Waals surface area contributed by atoms with Crippen LogP contribution in [-0.2, 0) is 22.4 Å². The molecule has 0 atom stereocenters. The molecule has 10 heteroatoms. The molecule has 1 saturated heterocycles. The third-order valence-corrected chi connectivity index (χ3v) is 6.67. The first-order valence-electron chi connectivity index (χ1n) is 10.8. The molecule has 1 aromatic heterocycles. The Balaban J connectivity index is 1.44. The summed E-state index contributed by atoms with van der Waals surface area (Å²) in [6.45, 7) is 4.88. The van der Waals surface area contributed by atoms with Crippen molar-refractivity contribution in [1.82, 2.24) is 14.6 Å². The third-order valence-electron chi connectivity index (χ3n) is 5.65. The Morgan fingerprint density at radius 2 is 1.81 bits per heavy atom. The Hall–Kier alpha value is -2.85. The molecule has 2 aliphatic rings. The van der Waals surface area contributed by atoms with Crippen molar-refractivity contribution in [2.45, 2.75) is 31.2 Å². The van der Waals surface area contributed by atoms with Crippen LogP contribution in [-0.4, -0.2) is 65.4 Å². The molecule has 2 aromatic rings. The summed E-state index contributed by atoms with van der Waals surface area (Å²) in [5.41, 5.74) is 3.09.